The van der Waals surface area contributed by atoms with Gasteiger partial charge in [0, 0.05) is 71.7 Å². The molecule has 0 aromatic carbocycles. The highest BCUT2D eigenvalue weighted by Gasteiger charge is 2.49. The number of aliphatic hydroxyl groups excluding tert-OH is 2. The van der Waals surface area contributed by atoms with Gasteiger partial charge in [-0.25, -0.2) is 0 Å². The van der Waals surface area contributed by atoms with Crippen molar-refractivity contribution in [2.45, 2.75) is 572 Å². The van der Waals surface area contributed by atoms with Crippen LogP contribution in [0.15, 0.2) is 22.3 Å². The third kappa shape index (κ3) is 107. The Hall–Kier alpha value is -4.18. The Kier molecular flexibility index (Phi) is 82.2. The van der Waals surface area contributed by atoms with E-state index in [0.29, 0.717) is 44.9 Å². The average molecular weight is 1910 g/mol. The molecule has 0 aromatic heterocycles. The van der Waals surface area contributed by atoms with E-state index in [1.54, 1.807) is 118 Å². The van der Waals surface area contributed by atoms with Gasteiger partial charge >= 0.3 is 0 Å². The van der Waals surface area contributed by atoms with Gasteiger partial charge in [0.2, 0.25) is 0 Å². The second-order valence-electron chi connectivity index (χ2n) is 52.7. The lowest BCUT2D eigenvalue weighted by Gasteiger charge is -2.50. The van der Waals surface area contributed by atoms with Crippen LogP contribution in [0.3, 0.4) is 0 Å². The molecule has 0 amide bonds. The number of ether oxygens (including phenoxy) is 4. The summed E-state index contributed by atoms with van der Waals surface area (Å²) in [7, 11) is 3.68. The zero-order chi connectivity index (χ0) is 113. The number of carbonyl (C=O) groups is 10. The normalized spacial score (nSPS) is 12.8. The van der Waals surface area contributed by atoms with Crippen LogP contribution in [0, 0.1) is 66.0 Å². The number of aliphatic hydroxyl groups is 5. The van der Waals surface area contributed by atoms with Gasteiger partial charge in [-0.15, -0.1) is 0 Å². The van der Waals surface area contributed by atoms with Gasteiger partial charge in [-0.3, -0.25) is 24.0 Å². The number of hydrogen-bond donors (Lipinski definition) is 5. The Labute approximate surface area is 827 Å². The Morgan fingerprint density at radius 2 is 0.481 bits per heavy atom. The van der Waals surface area contributed by atoms with Crippen molar-refractivity contribution in [3.05, 3.63) is 22.3 Å². The number of allylic oxidation sites excluding steroid dienone is 4. The third-order valence-electron chi connectivity index (χ3n) is 23.5. The summed E-state index contributed by atoms with van der Waals surface area (Å²) in [5.74, 6) is 2.77. The van der Waals surface area contributed by atoms with Crippen LogP contribution in [-0.4, -0.2) is 161 Å². The Morgan fingerprint density at radius 3 is 0.602 bits per heavy atom. The van der Waals surface area contributed by atoms with Gasteiger partial charge in [0.1, 0.15) is 46.3 Å². The lowest BCUT2D eigenvalue weighted by atomic mass is 9.54. The van der Waals surface area contributed by atoms with Crippen LogP contribution < -0.4 is 0 Å². The number of carbonyl (C=O) groups excluding carboxylic acids is 10. The summed E-state index contributed by atoms with van der Waals surface area (Å²) in [6.45, 7) is 134. The van der Waals surface area contributed by atoms with Gasteiger partial charge in [0.15, 0.2) is 11.6 Å². The molecule has 2 atom stereocenters. The SMILES string of the molecule is CC(=O)C(C)(C)C(C)(C)C(C)(C)C.CC(=O)C(C)=C(C)C.CC(=O)C(C)=C(C)C.CC(=O)CC(C)(C)C.CC(=O)CC(C)(C)C.CC(=O)CC(C)(C)C(C)(C)C(C)(C)C.CC(=O)CC(C)(C)OC(C)(C)C.CC(=O)CC(C)(C)OC(C)(C)C(C)(C)C.CC(=O)CC(C)C(C)(C)OC(C)(C)C.CC(C)(C)C(C)(C)O.CC(C)(C)O.CC(C)(C)O.CO.CO.COC(C)(C)C(C)CC(C)=O. The minimum absolute atomic E-state index is 0.00579. The van der Waals surface area contributed by atoms with E-state index in [-0.39, 0.29) is 163 Å². The molecule has 0 aliphatic carbocycles. The molecule has 19 heteroatoms. The summed E-state index contributed by atoms with van der Waals surface area (Å²) in [5, 5.41) is 40.4. The van der Waals surface area contributed by atoms with Crippen molar-refractivity contribution in [1.29, 1.82) is 0 Å². The monoisotopic (exact) mass is 1910 g/mol. The van der Waals surface area contributed by atoms with Crippen LogP contribution in [0.2, 0.25) is 0 Å². The summed E-state index contributed by atoms with van der Waals surface area (Å²) in [6, 6.07) is 0. The van der Waals surface area contributed by atoms with Crippen LogP contribution in [0.5, 0.6) is 0 Å². The van der Waals surface area contributed by atoms with Crippen molar-refractivity contribution in [2.75, 3.05) is 21.3 Å². The Balaban J connectivity index is -0.0000000878. The van der Waals surface area contributed by atoms with Gasteiger partial charge in [0.25, 0.3) is 0 Å². The molecular weight excluding hydrogens is 1670 g/mol. The first-order chi connectivity index (χ1) is 57.0. The van der Waals surface area contributed by atoms with Gasteiger partial charge in [-0.05, 0) is 349 Å². The van der Waals surface area contributed by atoms with Crippen molar-refractivity contribution in [3.63, 3.8) is 0 Å². The smallest absolute Gasteiger partial charge is 0.155 e. The van der Waals surface area contributed by atoms with E-state index in [1.807, 2.05) is 194 Å². The molecule has 804 valence electrons. The van der Waals surface area contributed by atoms with Crippen LogP contribution in [-0.2, 0) is 66.9 Å². The van der Waals surface area contributed by atoms with Crippen molar-refractivity contribution >= 4 is 57.8 Å². The van der Waals surface area contributed by atoms with E-state index in [2.05, 4.69) is 166 Å². The Bertz CT molecular complexity index is 3180. The van der Waals surface area contributed by atoms with E-state index >= 15 is 0 Å². The van der Waals surface area contributed by atoms with E-state index in [9.17, 15) is 53.1 Å². The molecule has 0 radical (unpaired) electrons. The van der Waals surface area contributed by atoms with Crippen LogP contribution >= 0.6 is 0 Å². The molecule has 0 saturated carbocycles. The highest BCUT2D eigenvalue weighted by atomic mass is 16.5. The molecule has 0 aliphatic heterocycles. The fraction of sp³-hybridized carbons (Fsp3) is 0.877. The highest BCUT2D eigenvalue weighted by Crippen LogP contribution is 2.53. The van der Waals surface area contributed by atoms with Crippen molar-refractivity contribution in [3.8, 4) is 0 Å². The quantitative estimate of drug-likeness (QED) is 0.0561. The van der Waals surface area contributed by atoms with Crippen molar-refractivity contribution < 1.29 is 92.4 Å². The predicted octanol–water partition coefficient (Wildman–Crippen LogP) is 29.6. The molecular formula is C114H234O19. The van der Waals surface area contributed by atoms with Crippen molar-refractivity contribution in [2.24, 2.45) is 66.0 Å². The van der Waals surface area contributed by atoms with E-state index in [0.717, 1.165) is 36.5 Å². The second-order valence-corrected chi connectivity index (χ2v) is 52.7. The van der Waals surface area contributed by atoms with Gasteiger partial charge in [-0.1, -0.05) is 205 Å². The van der Waals surface area contributed by atoms with Crippen LogP contribution in [0.4, 0.5) is 0 Å². The first kappa shape index (κ1) is 162. The molecule has 2 unspecified atom stereocenters. The lowest BCUT2D eigenvalue weighted by Crippen LogP contribution is -2.46. The molecule has 0 fully saturated rings. The van der Waals surface area contributed by atoms with Gasteiger partial charge < -0.3 is 68.5 Å². The summed E-state index contributed by atoms with van der Waals surface area (Å²) in [5.41, 5.74) is 1.36. The molecule has 0 heterocycles. The largest absolute Gasteiger partial charge is 0.400 e. The molecule has 19 nitrogen and oxygen atoms in total. The summed E-state index contributed by atoms with van der Waals surface area (Å²) >= 11 is 0. The zero-order valence-corrected chi connectivity index (χ0v) is 102. The van der Waals surface area contributed by atoms with E-state index in [1.165, 1.54) is 0 Å². The summed E-state index contributed by atoms with van der Waals surface area (Å²) in [6.07, 6.45) is 4.16. The van der Waals surface area contributed by atoms with Crippen LogP contribution in [0.25, 0.3) is 0 Å². The van der Waals surface area contributed by atoms with Gasteiger partial charge in [-0.2, -0.15) is 0 Å². The number of rotatable bonds is 24. The molecule has 0 aliphatic rings. The number of ketones is 10. The number of hydrogen-bond acceptors (Lipinski definition) is 19. The maximum atomic E-state index is 11.6. The average Bonchev–Trinajstić information content (AvgIpc) is 0.766. The fourth-order valence-electron chi connectivity index (χ4n) is 10.8. The molecule has 0 saturated heterocycles. The zero-order valence-electron chi connectivity index (χ0n) is 102. The lowest BCUT2D eigenvalue weighted by molar-refractivity contribution is -0.174. The first-order valence-corrected chi connectivity index (χ1v) is 48.0. The standard InChI is InChI=1S/C13H26O2.C13H26O.C12H24O2.C12H24O.C10H20O2.C9H18O2.2C7H14O.C7H16O.2C7H12O.2C4H10O.2CH4O/c1-10(14)9-12(5,6)15-13(7,8)11(2,3)4;1-10(14)9-12(5,6)13(7,8)11(2,3)4;1-9(8-10(2)13)12(6,7)14-11(3,4)5;1-9(13)11(5,6)12(7,8)10(2,3)4;1-8(11)7-10(5,6)12-9(2,3)4;1-7(6-8(2)10)9(3,4)11-5;2*1-6(8)5-7(2,3)4;1-6(2,3)7(4,5)8;2*1-5(2)6(3)7(4)8;2*1-4(2,3)5;2*1-2/h9H2,1-8H3;9H2,1-8H3;9H,8H2,1-7H3;1-8H3;7H2,1-6H3;7H,6H2,1-5H3;2*5H2,1-4H3;8H,1-5H3;2*1-4H3;2*5H,1-3H3;2*2H,1H3. The van der Waals surface area contributed by atoms with Crippen molar-refractivity contribution in [1.82, 2.24) is 0 Å². The van der Waals surface area contributed by atoms with Gasteiger partial charge in [0.05, 0.1) is 56.0 Å². The molecule has 133 heavy (non-hydrogen) atoms. The van der Waals surface area contributed by atoms with E-state index in [4.69, 9.17) is 39.4 Å². The molecule has 0 spiro atoms. The molecule has 5 N–H and O–H groups in total. The number of Topliss-reactive ketones (excluding diaryl/α,β-unsaturated/α-hetero) is 10. The highest BCUT2D eigenvalue weighted by molar-refractivity contribution is 5.93. The van der Waals surface area contributed by atoms with E-state index < -0.39 is 16.8 Å². The molecule has 0 bridgehead atoms. The summed E-state index contributed by atoms with van der Waals surface area (Å²) < 4.78 is 23.0. The third-order valence-corrected chi connectivity index (χ3v) is 23.5. The minimum atomic E-state index is -0.562. The van der Waals surface area contributed by atoms with Crippen LogP contribution in [0.1, 0.15) is 516 Å². The maximum Gasteiger partial charge on any atom is 0.155 e. The summed E-state index contributed by atoms with van der Waals surface area (Å²) in [4.78, 5) is 109. The fourth-order valence-corrected chi connectivity index (χ4v) is 10.8. The maximum absolute atomic E-state index is 11.6. The Morgan fingerprint density at radius 1 is 0.271 bits per heavy atom. The topological polar surface area (TPSA) is 309 Å². The first-order valence-electron chi connectivity index (χ1n) is 48.0. The molecule has 0 rings (SSSR count). The minimum Gasteiger partial charge on any atom is -0.400 e. The number of methoxy groups -OCH3 is 1. The second kappa shape index (κ2) is 67.3. The molecule has 0 aromatic rings. The predicted molar refractivity (Wildman–Crippen MR) is 574 cm³/mol.